The molecule has 7 nitrogen and oxygen atoms in total. The molecule has 0 saturated carbocycles. The zero-order valence-electron chi connectivity index (χ0n) is 22.6. The van der Waals surface area contributed by atoms with Crippen LogP contribution in [0.3, 0.4) is 0 Å². The second kappa shape index (κ2) is 12.4. The van der Waals surface area contributed by atoms with E-state index in [9.17, 15) is 18.0 Å². The Hall–Kier alpha value is -3.07. The number of carbonyl (C=O) groups excluding carboxylic acids is 2. The fourth-order valence-electron chi connectivity index (χ4n) is 3.84. The summed E-state index contributed by atoms with van der Waals surface area (Å²) in [4.78, 5) is 28.4. The van der Waals surface area contributed by atoms with Crippen molar-refractivity contribution >= 4 is 50.7 Å². The number of hydrogen-bond donors (Lipinski definition) is 1. The fourth-order valence-corrected chi connectivity index (χ4v) is 5.58. The molecule has 1 atom stereocenters. The van der Waals surface area contributed by atoms with E-state index in [1.54, 1.807) is 55.5 Å². The van der Waals surface area contributed by atoms with Gasteiger partial charge in [-0.2, -0.15) is 0 Å². The number of aryl methyl sites for hydroxylation is 1. The van der Waals surface area contributed by atoms with Gasteiger partial charge in [0.15, 0.2) is 0 Å². The Bertz CT molecular complexity index is 1420. The van der Waals surface area contributed by atoms with E-state index in [4.69, 9.17) is 23.2 Å². The number of nitrogens with one attached hydrogen (secondary N) is 1. The van der Waals surface area contributed by atoms with Crippen LogP contribution in [-0.2, 0) is 26.2 Å². The van der Waals surface area contributed by atoms with Crippen LogP contribution in [0.25, 0.3) is 0 Å². The van der Waals surface area contributed by atoms with Crippen LogP contribution in [0.2, 0.25) is 10.0 Å². The quantitative estimate of drug-likeness (QED) is 0.340. The summed E-state index contributed by atoms with van der Waals surface area (Å²) in [5, 5.41) is 3.75. The van der Waals surface area contributed by atoms with Crippen LogP contribution in [0, 0.1) is 6.92 Å². The predicted octanol–water partition coefficient (Wildman–Crippen LogP) is 5.83. The van der Waals surface area contributed by atoms with Crippen molar-refractivity contribution in [3.05, 3.63) is 94.0 Å². The van der Waals surface area contributed by atoms with E-state index in [2.05, 4.69) is 5.32 Å². The van der Waals surface area contributed by atoms with Gasteiger partial charge in [-0.1, -0.05) is 59.1 Å². The molecular weight excluding hydrogens is 557 g/mol. The van der Waals surface area contributed by atoms with Crippen molar-refractivity contribution in [3.8, 4) is 0 Å². The molecule has 0 aliphatic heterocycles. The number of carbonyl (C=O) groups is 2. The van der Waals surface area contributed by atoms with Gasteiger partial charge >= 0.3 is 0 Å². The molecule has 0 aromatic heterocycles. The Morgan fingerprint density at radius 3 is 2.08 bits per heavy atom. The summed E-state index contributed by atoms with van der Waals surface area (Å²) >= 11 is 12.4. The van der Waals surface area contributed by atoms with Gasteiger partial charge in [0.1, 0.15) is 12.6 Å². The van der Waals surface area contributed by atoms with Crippen molar-refractivity contribution in [1.29, 1.82) is 0 Å². The molecule has 3 rings (SSSR count). The van der Waals surface area contributed by atoms with Gasteiger partial charge in [-0.25, -0.2) is 8.42 Å². The van der Waals surface area contributed by atoms with Crippen LogP contribution in [0.5, 0.6) is 0 Å². The molecule has 0 aliphatic rings. The molecular formula is C29H33Cl2N3O4S. The monoisotopic (exact) mass is 589 g/mol. The molecule has 0 bridgehead atoms. The highest BCUT2D eigenvalue weighted by Gasteiger charge is 2.33. The van der Waals surface area contributed by atoms with Gasteiger partial charge in [0.05, 0.1) is 10.6 Å². The van der Waals surface area contributed by atoms with E-state index in [1.165, 1.54) is 29.2 Å². The highest BCUT2D eigenvalue weighted by Crippen LogP contribution is 2.27. The lowest BCUT2D eigenvalue weighted by Gasteiger charge is -2.33. The first-order chi connectivity index (χ1) is 18.2. The molecule has 3 aromatic rings. The zero-order chi connectivity index (χ0) is 29.0. The number of halogens is 2. The lowest BCUT2D eigenvalue weighted by Crippen LogP contribution is -2.54. The first-order valence-corrected chi connectivity index (χ1v) is 14.6. The van der Waals surface area contributed by atoms with Gasteiger partial charge in [-0.15, -0.1) is 0 Å². The maximum absolute atomic E-state index is 13.9. The van der Waals surface area contributed by atoms with Crippen LogP contribution in [0.15, 0.2) is 77.7 Å². The third kappa shape index (κ3) is 7.97. The fraction of sp³-hybridized carbons (Fsp3) is 0.310. The third-order valence-corrected chi connectivity index (χ3v) is 8.38. The number of hydrogen-bond acceptors (Lipinski definition) is 4. The Morgan fingerprint density at radius 1 is 0.923 bits per heavy atom. The molecule has 0 aliphatic carbocycles. The third-order valence-electron chi connectivity index (χ3n) is 5.97. The molecule has 3 aromatic carbocycles. The number of rotatable bonds is 9. The minimum atomic E-state index is -4.15. The SMILES string of the molecule is Cc1ccc(S(=O)(=O)N(CC(=O)N(Cc2ccccc2Cl)[C@@H](C)C(=O)NC(C)(C)C)c2ccc(Cl)cc2)cc1. The first-order valence-electron chi connectivity index (χ1n) is 12.4. The highest BCUT2D eigenvalue weighted by molar-refractivity contribution is 7.92. The minimum Gasteiger partial charge on any atom is -0.350 e. The minimum absolute atomic E-state index is 0.0102. The molecule has 1 N–H and O–H groups in total. The Balaban J connectivity index is 2.04. The maximum atomic E-state index is 13.9. The lowest BCUT2D eigenvalue weighted by atomic mass is 10.1. The molecule has 0 heterocycles. The summed E-state index contributed by atoms with van der Waals surface area (Å²) in [7, 11) is -4.15. The van der Waals surface area contributed by atoms with Gasteiger partial charge in [-0.05, 0) is 82.6 Å². The van der Waals surface area contributed by atoms with Gasteiger partial charge in [0, 0.05) is 22.1 Å². The average molecular weight is 591 g/mol. The zero-order valence-corrected chi connectivity index (χ0v) is 24.9. The standard InChI is InChI=1S/C29H33Cl2N3O4S/c1-20-10-16-25(17-11-20)39(37,38)34(24-14-12-23(30)13-15-24)19-27(35)33(18-22-8-6-7-9-26(22)31)21(2)28(36)32-29(3,4)5/h6-17,21H,18-19H2,1-5H3,(H,32,36)/t21-/m0/s1. The summed E-state index contributed by atoms with van der Waals surface area (Å²) in [5.41, 5.74) is 1.25. The van der Waals surface area contributed by atoms with Crippen LogP contribution in [0.1, 0.15) is 38.8 Å². The molecule has 39 heavy (non-hydrogen) atoms. The summed E-state index contributed by atoms with van der Waals surface area (Å²) in [6, 6.07) is 18.7. The molecule has 0 fully saturated rings. The topological polar surface area (TPSA) is 86.8 Å². The number of benzene rings is 3. The van der Waals surface area contributed by atoms with Crippen LogP contribution >= 0.6 is 23.2 Å². The van der Waals surface area contributed by atoms with Crippen LogP contribution < -0.4 is 9.62 Å². The summed E-state index contributed by atoms with van der Waals surface area (Å²) < 4.78 is 28.7. The first kappa shape index (κ1) is 30.5. The van der Waals surface area contributed by atoms with Crippen molar-refractivity contribution in [2.24, 2.45) is 0 Å². The van der Waals surface area contributed by atoms with Crippen molar-refractivity contribution in [1.82, 2.24) is 10.2 Å². The van der Waals surface area contributed by atoms with Gasteiger partial charge in [0.2, 0.25) is 11.8 Å². The van der Waals surface area contributed by atoms with Gasteiger partial charge in [-0.3, -0.25) is 13.9 Å². The number of sulfonamides is 1. The average Bonchev–Trinajstić information content (AvgIpc) is 2.86. The maximum Gasteiger partial charge on any atom is 0.264 e. The number of anilines is 1. The molecule has 2 amide bonds. The number of nitrogens with zero attached hydrogens (tertiary/aromatic N) is 2. The smallest absolute Gasteiger partial charge is 0.264 e. The molecule has 208 valence electrons. The van der Waals surface area contributed by atoms with E-state index in [0.29, 0.717) is 15.6 Å². The van der Waals surface area contributed by atoms with E-state index in [-0.39, 0.29) is 23.0 Å². The van der Waals surface area contributed by atoms with Crippen LogP contribution in [-0.4, -0.2) is 43.3 Å². The molecule has 0 saturated heterocycles. The Morgan fingerprint density at radius 2 is 1.51 bits per heavy atom. The molecule has 0 radical (unpaired) electrons. The number of amides is 2. The summed E-state index contributed by atoms with van der Waals surface area (Å²) in [5.74, 6) is -0.945. The van der Waals surface area contributed by atoms with Crippen molar-refractivity contribution in [2.45, 2.75) is 57.6 Å². The van der Waals surface area contributed by atoms with Gasteiger partial charge in [0.25, 0.3) is 10.0 Å². The Kier molecular flexibility index (Phi) is 9.69. The normalized spacial score (nSPS) is 12.5. The van der Waals surface area contributed by atoms with E-state index in [0.717, 1.165) is 9.87 Å². The highest BCUT2D eigenvalue weighted by atomic mass is 35.5. The largest absolute Gasteiger partial charge is 0.350 e. The molecule has 0 spiro atoms. The molecule has 10 heteroatoms. The Labute approximate surface area is 240 Å². The molecule has 0 unspecified atom stereocenters. The second-order valence-corrected chi connectivity index (χ2v) is 13.0. The second-order valence-electron chi connectivity index (χ2n) is 10.3. The van der Waals surface area contributed by atoms with E-state index < -0.39 is 34.1 Å². The van der Waals surface area contributed by atoms with Crippen molar-refractivity contribution in [2.75, 3.05) is 10.8 Å². The predicted molar refractivity (Wildman–Crippen MR) is 157 cm³/mol. The van der Waals surface area contributed by atoms with E-state index in [1.807, 2.05) is 27.7 Å². The van der Waals surface area contributed by atoms with E-state index >= 15 is 0 Å². The van der Waals surface area contributed by atoms with Gasteiger partial charge < -0.3 is 10.2 Å². The van der Waals surface area contributed by atoms with Crippen LogP contribution in [0.4, 0.5) is 5.69 Å². The lowest BCUT2D eigenvalue weighted by molar-refractivity contribution is -0.140. The summed E-state index contributed by atoms with van der Waals surface area (Å²) in [6.45, 7) is 8.45. The van der Waals surface area contributed by atoms with Crippen molar-refractivity contribution < 1.29 is 18.0 Å². The van der Waals surface area contributed by atoms with Crippen molar-refractivity contribution in [3.63, 3.8) is 0 Å². The summed E-state index contributed by atoms with van der Waals surface area (Å²) in [6.07, 6.45) is 0.